The maximum absolute atomic E-state index is 3.55. The minimum Gasteiger partial charge on any atom is -0.311 e. The number of nitrogens with zero attached hydrogens (tertiary/aromatic N) is 1. The molecule has 0 aromatic heterocycles. The van der Waals surface area contributed by atoms with Crippen LogP contribution in [0.1, 0.15) is 19.3 Å². The van der Waals surface area contributed by atoms with E-state index in [0.29, 0.717) is 5.54 Å². The first kappa shape index (κ1) is 6.62. The summed E-state index contributed by atoms with van der Waals surface area (Å²) in [4.78, 5) is 2.42. The Kier molecular flexibility index (Phi) is 1.46. The summed E-state index contributed by atoms with van der Waals surface area (Å²) in [6.07, 6.45) is 4.15. The van der Waals surface area contributed by atoms with Crippen molar-refractivity contribution in [3.63, 3.8) is 0 Å². The van der Waals surface area contributed by atoms with Crippen molar-refractivity contribution >= 4 is 0 Å². The van der Waals surface area contributed by atoms with Crippen LogP contribution < -0.4 is 5.32 Å². The third-order valence-corrected chi connectivity index (χ3v) is 3.05. The van der Waals surface area contributed by atoms with Crippen LogP contribution in [-0.4, -0.2) is 37.1 Å². The summed E-state index contributed by atoms with van der Waals surface area (Å²) in [5.41, 5.74) is 0.590. The summed E-state index contributed by atoms with van der Waals surface area (Å²) in [6.45, 7) is 3.82. The average Bonchev–Trinajstić information content (AvgIpc) is 1.86. The van der Waals surface area contributed by atoms with Gasteiger partial charge in [0.25, 0.3) is 0 Å². The van der Waals surface area contributed by atoms with E-state index in [0.717, 1.165) is 0 Å². The zero-order valence-corrected chi connectivity index (χ0v) is 6.69. The lowest BCUT2D eigenvalue weighted by molar-refractivity contribution is 0.0990. The molecule has 2 heterocycles. The molecule has 1 spiro atoms. The van der Waals surface area contributed by atoms with Crippen LogP contribution in [0.4, 0.5) is 0 Å². The van der Waals surface area contributed by atoms with Crippen LogP contribution in [0.2, 0.25) is 0 Å². The second kappa shape index (κ2) is 2.21. The van der Waals surface area contributed by atoms with Gasteiger partial charge in [0.2, 0.25) is 0 Å². The zero-order valence-electron chi connectivity index (χ0n) is 6.69. The molecule has 2 rings (SSSR count). The van der Waals surface area contributed by atoms with Gasteiger partial charge in [-0.25, -0.2) is 0 Å². The zero-order chi connectivity index (χ0) is 7.03. The molecule has 2 aliphatic heterocycles. The first-order valence-electron chi connectivity index (χ1n) is 4.24. The van der Waals surface area contributed by atoms with E-state index in [4.69, 9.17) is 0 Å². The maximum atomic E-state index is 3.55. The topological polar surface area (TPSA) is 15.3 Å². The Balaban J connectivity index is 1.90. The SMILES string of the molecule is CN1CCC2(CCN2)CC1. The molecule has 58 valence electrons. The van der Waals surface area contributed by atoms with Crippen molar-refractivity contribution in [2.75, 3.05) is 26.7 Å². The Labute approximate surface area is 62.6 Å². The molecule has 0 bridgehead atoms. The van der Waals surface area contributed by atoms with Gasteiger partial charge in [-0.15, -0.1) is 0 Å². The fourth-order valence-corrected chi connectivity index (χ4v) is 1.95. The van der Waals surface area contributed by atoms with Gasteiger partial charge >= 0.3 is 0 Å². The molecule has 0 saturated carbocycles. The lowest BCUT2D eigenvalue weighted by atomic mass is 9.79. The van der Waals surface area contributed by atoms with Crippen LogP contribution in [-0.2, 0) is 0 Å². The quantitative estimate of drug-likeness (QED) is 0.525. The first-order chi connectivity index (χ1) is 4.81. The van der Waals surface area contributed by atoms with Crippen molar-refractivity contribution in [1.29, 1.82) is 0 Å². The monoisotopic (exact) mass is 140 g/mol. The molecular formula is C8H16N2. The Hall–Kier alpha value is -0.0800. The molecule has 0 radical (unpaired) electrons. The molecule has 2 fully saturated rings. The molecule has 0 atom stereocenters. The van der Waals surface area contributed by atoms with Crippen molar-refractivity contribution in [2.24, 2.45) is 0 Å². The number of nitrogens with one attached hydrogen (secondary N) is 1. The predicted molar refractivity (Wildman–Crippen MR) is 42.1 cm³/mol. The highest BCUT2D eigenvalue weighted by Crippen LogP contribution is 2.30. The van der Waals surface area contributed by atoms with Crippen LogP contribution in [0.3, 0.4) is 0 Å². The predicted octanol–water partition coefficient (Wildman–Crippen LogP) is 0.444. The van der Waals surface area contributed by atoms with E-state index in [2.05, 4.69) is 17.3 Å². The van der Waals surface area contributed by atoms with Crippen LogP contribution in [0.5, 0.6) is 0 Å². The lowest BCUT2D eigenvalue weighted by Gasteiger charge is -2.48. The van der Waals surface area contributed by atoms with E-state index >= 15 is 0 Å². The van der Waals surface area contributed by atoms with Crippen molar-refractivity contribution in [1.82, 2.24) is 10.2 Å². The second-order valence-electron chi connectivity index (χ2n) is 3.76. The van der Waals surface area contributed by atoms with E-state index in [1.54, 1.807) is 0 Å². The van der Waals surface area contributed by atoms with Crippen molar-refractivity contribution in [2.45, 2.75) is 24.8 Å². The van der Waals surface area contributed by atoms with E-state index in [1.165, 1.54) is 38.9 Å². The number of likely N-dealkylation sites (tertiary alicyclic amines) is 1. The van der Waals surface area contributed by atoms with Gasteiger partial charge in [-0.3, -0.25) is 0 Å². The van der Waals surface area contributed by atoms with Crippen LogP contribution in [0.25, 0.3) is 0 Å². The first-order valence-corrected chi connectivity index (χ1v) is 4.24. The highest BCUT2D eigenvalue weighted by atomic mass is 15.1. The van der Waals surface area contributed by atoms with Gasteiger partial charge in [0.15, 0.2) is 0 Å². The summed E-state index contributed by atoms with van der Waals surface area (Å²) >= 11 is 0. The number of hydrogen-bond donors (Lipinski definition) is 1. The van der Waals surface area contributed by atoms with E-state index in [-0.39, 0.29) is 0 Å². The lowest BCUT2D eigenvalue weighted by Crippen LogP contribution is -2.61. The van der Waals surface area contributed by atoms with Gasteiger partial charge in [-0.1, -0.05) is 0 Å². The maximum Gasteiger partial charge on any atom is 0.0217 e. The highest BCUT2D eigenvalue weighted by Gasteiger charge is 2.38. The van der Waals surface area contributed by atoms with E-state index in [9.17, 15) is 0 Å². The van der Waals surface area contributed by atoms with Crippen LogP contribution in [0.15, 0.2) is 0 Å². The number of rotatable bonds is 0. The molecule has 10 heavy (non-hydrogen) atoms. The molecule has 0 aromatic carbocycles. The molecule has 0 aromatic rings. The van der Waals surface area contributed by atoms with E-state index < -0.39 is 0 Å². The molecule has 1 N–H and O–H groups in total. The summed E-state index contributed by atoms with van der Waals surface area (Å²) in [7, 11) is 2.21. The van der Waals surface area contributed by atoms with E-state index in [1.807, 2.05) is 0 Å². The summed E-state index contributed by atoms with van der Waals surface area (Å²) < 4.78 is 0. The minimum absolute atomic E-state index is 0.590. The van der Waals surface area contributed by atoms with Gasteiger partial charge < -0.3 is 10.2 Å². The van der Waals surface area contributed by atoms with Gasteiger partial charge in [-0.05, 0) is 45.9 Å². The molecule has 0 aliphatic carbocycles. The Morgan fingerprint density at radius 2 is 1.80 bits per heavy atom. The fourth-order valence-electron chi connectivity index (χ4n) is 1.95. The van der Waals surface area contributed by atoms with Crippen molar-refractivity contribution < 1.29 is 0 Å². The van der Waals surface area contributed by atoms with Crippen molar-refractivity contribution in [3.8, 4) is 0 Å². The molecule has 2 aliphatic rings. The molecule has 0 amide bonds. The number of piperidine rings is 1. The minimum atomic E-state index is 0.590. The number of hydrogen-bond acceptors (Lipinski definition) is 2. The van der Waals surface area contributed by atoms with Gasteiger partial charge in [0.1, 0.15) is 0 Å². The Morgan fingerprint density at radius 1 is 1.20 bits per heavy atom. The standard InChI is InChI=1S/C8H16N2/c1-10-6-3-8(4-7-10)2-5-9-8/h9H,2-7H2,1H3. The molecule has 2 heteroatoms. The van der Waals surface area contributed by atoms with Crippen LogP contribution in [0, 0.1) is 0 Å². The Morgan fingerprint density at radius 3 is 2.20 bits per heavy atom. The smallest absolute Gasteiger partial charge is 0.0217 e. The van der Waals surface area contributed by atoms with Crippen molar-refractivity contribution in [3.05, 3.63) is 0 Å². The average molecular weight is 140 g/mol. The highest BCUT2D eigenvalue weighted by molar-refractivity contribution is 4.99. The summed E-state index contributed by atoms with van der Waals surface area (Å²) in [5.74, 6) is 0. The largest absolute Gasteiger partial charge is 0.311 e. The summed E-state index contributed by atoms with van der Waals surface area (Å²) in [5, 5.41) is 3.55. The van der Waals surface area contributed by atoms with Gasteiger partial charge in [-0.2, -0.15) is 0 Å². The Bertz CT molecular complexity index is 119. The summed E-state index contributed by atoms with van der Waals surface area (Å²) in [6, 6.07) is 0. The second-order valence-corrected chi connectivity index (χ2v) is 3.76. The third kappa shape index (κ3) is 0.956. The molecular weight excluding hydrogens is 124 g/mol. The van der Waals surface area contributed by atoms with Gasteiger partial charge in [0, 0.05) is 5.54 Å². The fraction of sp³-hybridized carbons (Fsp3) is 1.00. The normalized spacial score (nSPS) is 32.1. The van der Waals surface area contributed by atoms with Gasteiger partial charge in [0.05, 0.1) is 0 Å². The third-order valence-electron chi connectivity index (χ3n) is 3.05. The molecule has 2 nitrogen and oxygen atoms in total. The molecule has 2 saturated heterocycles. The van der Waals surface area contributed by atoms with Crippen LogP contribution >= 0.6 is 0 Å². The molecule has 0 unspecified atom stereocenters.